The van der Waals surface area contributed by atoms with Gasteiger partial charge < -0.3 is 20.3 Å². The predicted molar refractivity (Wildman–Crippen MR) is 149 cm³/mol. The van der Waals surface area contributed by atoms with Crippen molar-refractivity contribution in [3.63, 3.8) is 0 Å². The summed E-state index contributed by atoms with van der Waals surface area (Å²) in [4.78, 5) is 42.1. The molecule has 0 aromatic heterocycles. The van der Waals surface area contributed by atoms with E-state index in [9.17, 15) is 14.4 Å². The van der Waals surface area contributed by atoms with Crippen LogP contribution in [0.15, 0.2) is 24.3 Å². The van der Waals surface area contributed by atoms with Crippen LogP contribution in [0.25, 0.3) is 0 Å². The molecule has 2 N–H and O–H groups in total. The van der Waals surface area contributed by atoms with Crippen molar-refractivity contribution in [2.24, 2.45) is 5.92 Å². The van der Waals surface area contributed by atoms with Gasteiger partial charge in [0.25, 0.3) is 0 Å². The topological polar surface area (TPSA) is 87.7 Å². The van der Waals surface area contributed by atoms with Crippen LogP contribution in [-0.2, 0) is 14.3 Å². The van der Waals surface area contributed by atoms with Gasteiger partial charge in [-0.05, 0) is 78.0 Å². The molecule has 0 bridgehead atoms. The third-order valence-electron chi connectivity index (χ3n) is 5.43. The lowest BCUT2D eigenvalue weighted by molar-refractivity contribution is -0.143. The number of ether oxygens (including phenoxy) is 1. The Hall–Kier alpha value is -3.01. The third kappa shape index (κ3) is 11.7. The number of terminal acetylenes is 1. The van der Waals surface area contributed by atoms with Gasteiger partial charge in [-0.25, -0.2) is 4.79 Å². The Morgan fingerprint density at radius 3 is 2.08 bits per heavy atom. The molecule has 0 heterocycles. The summed E-state index contributed by atoms with van der Waals surface area (Å²) in [5.74, 6) is 2.12. The molecule has 0 fully saturated rings. The highest BCUT2D eigenvalue weighted by atomic mass is 16.6. The van der Waals surface area contributed by atoms with E-state index in [1.54, 1.807) is 49.9 Å². The van der Waals surface area contributed by atoms with E-state index in [2.05, 4.69) is 23.5 Å². The molecule has 37 heavy (non-hydrogen) atoms. The molecule has 7 nitrogen and oxygen atoms in total. The van der Waals surface area contributed by atoms with Gasteiger partial charge in [0.05, 0.1) is 0 Å². The van der Waals surface area contributed by atoms with Gasteiger partial charge in [0.2, 0.25) is 11.8 Å². The van der Waals surface area contributed by atoms with Crippen LogP contribution in [0.2, 0.25) is 0 Å². The maximum atomic E-state index is 14.1. The number of carbonyl (C=O) groups excluding carboxylic acids is 3. The molecule has 0 aliphatic carbocycles. The molecule has 0 saturated heterocycles. The maximum Gasteiger partial charge on any atom is 0.408 e. The Morgan fingerprint density at radius 1 is 1.03 bits per heavy atom. The van der Waals surface area contributed by atoms with Crippen LogP contribution in [-0.4, -0.2) is 46.5 Å². The van der Waals surface area contributed by atoms with Crippen LogP contribution in [0.4, 0.5) is 4.79 Å². The molecule has 3 amide bonds. The third-order valence-corrected chi connectivity index (χ3v) is 5.43. The van der Waals surface area contributed by atoms with Gasteiger partial charge >= 0.3 is 6.09 Å². The molecule has 2 unspecified atom stereocenters. The van der Waals surface area contributed by atoms with E-state index in [-0.39, 0.29) is 17.7 Å². The Kier molecular flexibility index (Phi) is 12.2. The minimum absolute atomic E-state index is 0.123. The summed E-state index contributed by atoms with van der Waals surface area (Å²) in [6, 6.07) is 5.40. The lowest BCUT2D eigenvalue weighted by Crippen LogP contribution is -2.55. The number of alkyl carbamates (subject to hydrolysis) is 1. The smallest absolute Gasteiger partial charge is 0.408 e. The number of hydrogen-bond donors (Lipinski definition) is 2. The second-order valence-corrected chi connectivity index (χ2v) is 12.0. The molecule has 1 aromatic carbocycles. The van der Waals surface area contributed by atoms with Crippen molar-refractivity contribution in [3.8, 4) is 12.3 Å². The van der Waals surface area contributed by atoms with Gasteiger partial charge in [0.15, 0.2) is 0 Å². The highest BCUT2D eigenvalue weighted by molar-refractivity contribution is 5.92. The first kappa shape index (κ1) is 32.0. The zero-order valence-electron chi connectivity index (χ0n) is 24.2. The van der Waals surface area contributed by atoms with Crippen molar-refractivity contribution in [1.29, 1.82) is 0 Å². The normalized spacial score (nSPS) is 13.3. The van der Waals surface area contributed by atoms with E-state index in [4.69, 9.17) is 11.2 Å². The maximum absolute atomic E-state index is 14.1. The van der Waals surface area contributed by atoms with Crippen LogP contribution >= 0.6 is 0 Å². The number of rotatable bonds is 11. The molecule has 0 radical (unpaired) electrons. The predicted octanol–water partition coefficient (Wildman–Crippen LogP) is 5.58. The molecule has 7 heteroatoms. The molecular formula is C30H47N3O4. The monoisotopic (exact) mass is 513 g/mol. The van der Waals surface area contributed by atoms with Crippen molar-refractivity contribution in [2.45, 2.75) is 111 Å². The first-order valence-electron chi connectivity index (χ1n) is 13.3. The van der Waals surface area contributed by atoms with Gasteiger partial charge in [0, 0.05) is 17.6 Å². The van der Waals surface area contributed by atoms with E-state index in [0.29, 0.717) is 24.1 Å². The molecule has 206 valence electrons. The fourth-order valence-corrected chi connectivity index (χ4v) is 3.91. The zero-order chi connectivity index (χ0) is 28.4. The fourth-order valence-electron chi connectivity index (χ4n) is 3.91. The van der Waals surface area contributed by atoms with Crippen molar-refractivity contribution in [2.75, 3.05) is 6.54 Å². The second kappa shape index (κ2) is 14.1. The summed E-state index contributed by atoms with van der Waals surface area (Å²) >= 11 is 0. The Bertz CT molecular complexity index is 934. The van der Waals surface area contributed by atoms with Gasteiger partial charge in [-0.15, -0.1) is 6.42 Å². The molecule has 1 aromatic rings. The van der Waals surface area contributed by atoms with Gasteiger partial charge in [-0.1, -0.05) is 51.7 Å². The fraction of sp³-hybridized carbons (Fsp3) is 0.633. The van der Waals surface area contributed by atoms with Gasteiger partial charge in [0.1, 0.15) is 17.7 Å². The van der Waals surface area contributed by atoms with Crippen LogP contribution < -0.4 is 10.6 Å². The number of benzene rings is 1. The summed E-state index contributed by atoms with van der Waals surface area (Å²) in [6.45, 7) is 17.5. The number of nitrogens with zero attached hydrogens (tertiary/aromatic N) is 1. The van der Waals surface area contributed by atoms with E-state index in [0.717, 1.165) is 19.3 Å². The standard InChI is InChI=1S/C30H47N3O4/c1-11-13-14-19-33(27(35)24(20-21(3)4)31-28(36)37-30(8,9)10)25(26(34)32-29(5,6)7)23-17-15-22(12-2)16-18-23/h2,15-18,21,24-25H,11,13-14,19-20H2,1,3-10H3,(H,31,36)(H,32,34). The van der Waals surface area contributed by atoms with Crippen molar-refractivity contribution in [3.05, 3.63) is 35.4 Å². The summed E-state index contributed by atoms with van der Waals surface area (Å²) in [7, 11) is 0. The number of unbranched alkanes of at least 4 members (excludes halogenated alkanes) is 2. The molecule has 0 saturated carbocycles. The Labute approximate surface area is 224 Å². The number of hydrogen-bond acceptors (Lipinski definition) is 4. The summed E-state index contributed by atoms with van der Waals surface area (Å²) in [5, 5.41) is 5.82. The van der Waals surface area contributed by atoms with Gasteiger partial charge in [-0.3, -0.25) is 9.59 Å². The Morgan fingerprint density at radius 2 is 1.62 bits per heavy atom. The van der Waals surface area contributed by atoms with Crippen molar-refractivity contribution >= 4 is 17.9 Å². The molecule has 0 aliphatic rings. The average Bonchev–Trinajstić information content (AvgIpc) is 2.75. The van der Waals surface area contributed by atoms with Crippen LogP contribution in [0.5, 0.6) is 0 Å². The zero-order valence-corrected chi connectivity index (χ0v) is 24.2. The van der Waals surface area contributed by atoms with Crippen LogP contribution in [0.1, 0.15) is 105 Å². The van der Waals surface area contributed by atoms with E-state index < -0.39 is 29.3 Å². The van der Waals surface area contributed by atoms with Crippen LogP contribution in [0.3, 0.4) is 0 Å². The molecular weight excluding hydrogens is 466 g/mol. The van der Waals surface area contributed by atoms with Crippen LogP contribution in [0, 0.1) is 18.3 Å². The number of carbonyl (C=O) groups is 3. The highest BCUT2D eigenvalue weighted by Crippen LogP contribution is 2.26. The summed E-state index contributed by atoms with van der Waals surface area (Å²) in [5.41, 5.74) is 0.140. The van der Waals surface area contributed by atoms with Crippen molar-refractivity contribution < 1.29 is 19.1 Å². The Balaban J connectivity index is 3.54. The summed E-state index contributed by atoms with van der Waals surface area (Å²) < 4.78 is 5.44. The minimum Gasteiger partial charge on any atom is -0.444 e. The molecule has 1 rings (SSSR count). The lowest BCUT2D eigenvalue weighted by Gasteiger charge is -2.36. The van der Waals surface area contributed by atoms with E-state index in [1.165, 1.54) is 0 Å². The molecule has 0 spiro atoms. The van der Waals surface area contributed by atoms with E-state index >= 15 is 0 Å². The van der Waals surface area contributed by atoms with E-state index in [1.807, 2.05) is 34.6 Å². The largest absolute Gasteiger partial charge is 0.444 e. The number of nitrogens with one attached hydrogen (secondary N) is 2. The quantitative estimate of drug-likeness (QED) is 0.299. The molecule has 0 aliphatic heterocycles. The average molecular weight is 514 g/mol. The lowest BCUT2D eigenvalue weighted by atomic mass is 9.97. The summed E-state index contributed by atoms with van der Waals surface area (Å²) in [6.07, 6.45) is 7.88. The first-order valence-corrected chi connectivity index (χ1v) is 13.3. The second-order valence-electron chi connectivity index (χ2n) is 12.0. The molecule has 2 atom stereocenters. The SMILES string of the molecule is C#Cc1ccc(C(C(=O)NC(C)(C)C)N(CCCCC)C(=O)C(CC(C)C)NC(=O)OC(C)(C)C)cc1. The van der Waals surface area contributed by atoms with Crippen molar-refractivity contribution in [1.82, 2.24) is 15.5 Å². The van der Waals surface area contributed by atoms with Gasteiger partial charge in [-0.2, -0.15) is 0 Å². The highest BCUT2D eigenvalue weighted by Gasteiger charge is 2.37. The number of amides is 3. The first-order chi connectivity index (χ1) is 17.1. The minimum atomic E-state index is -0.884.